The SMILES string of the molecule is CCS(=O)(=O)NC1CCOCC1COc1ccc(-c2ccc(Cl)cn2)c(F)c1. The number of rotatable bonds is 7. The minimum absolute atomic E-state index is 0.0172. The smallest absolute Gasteiger partial charge is 0.211 e. The van der Waals surface area contributed by atoms with E-state index < -0.39 is 15.8 Å². The lowest BCUT2D eigenvalue weighted by Gasteiger charge is -2.31. The molecule has 1 fully saturated rings. The van der Waals surface area contributed by atoms with Crippen molar-refractivity contribution in [2.75, 3.05) is 25.6 Å². The van der Waals surface area contributed by atoms with Crippen molar-refractivity contribution in [1.29, 1.82) is 0 Å². The van der Waals surface area contributed by atoms with Gasteiger partial charge in [-0.15, -0.1) is 0 Å². The largest absolute Gasteiger partial charge is 0.493 e. The summed E-state index contributed by atoms with van der Waals surface area (Å²) in [6.07, 6.45) is 2.03. The van der Waals surface area contributed by atoms with Crippen LogP contribution in [0.3, 0.4) is 0 Å². The molecule has 1 aliphatic rings. The van der Waals surface area contributed by atoms with Gasteiger partial charge in [0.2, 0.25) is 10.0 Å². The molecule has 152 valence electrons. The average molecular weight is 429 g/mol. The monoisotopic (exact) mass is 428 g/mol. The van der Waals surface area contributed by atoms with Crippen LogP contribution in [0.5, 0.6) is 5.75 Å². The van der Waals surface area contributed by atoms with Crippen LogP contribution in [0.4, 0.5) is 4.39 Å². The van der Waals surface area contributed by atoms with Crippen LogP contribution in [0.1, 0.15) is 13.3 Å². The van der Waals surface area contributed by atoms with E-state index in [1.807, 2.05) is 0 Å². The van der Waals surface area contributed by atoms with Crippen molar-refractivity contribution in [3.63, 3.8) is 0 Å². The van der Waals surface area contributed by atoms with Gasteiger partial charge in [-0.1, -0.05) is 11.6 Å². The number of aromatic nitrogens is 1. The van der Waals surface area contributed by atoms with Gasteiger partial charge in [-0.05, 0) is 37.6 Å². The Morgan fingerprint density at radius 3 is 2.86 bits per heavy atom. The first kappa shape index (κ1) is 21.0. The van der Waals surface area contributed by atoms with E-state index in [2.05, 4.69) is 9.71 Å². The van der Waals surface area contributed by atoms with Crippen LogP contribution in [0, 0.1) is 11.7 Å². The van der Waals surface area contributed by atoms with Crippen LogP contribution in [0.15, 0.2) is 36.5 Å². The molecule has 1 N–H and O–H groups in total. The molecule has 6 nitrogen and oxygen atoms in total. The molecule has 3 rings (SSSR count). The molecule has 0 bridgehead atoms. The van der Waals surface area contributed by atoms with E-state index in [0.29, 0.717) is 41.7 Å². The molecule has 2 atom stereocenters. The van der Waals surface area contributed by atoms with Crippen molar-refractivity contribution in [2.24, 2.45) is 5.92 Å². The Kier molecular flexibility index (Phi) is 6.87. The summed E-state index contributed by atoms with van der Waals surface area (Å²) in [5.74, 6) is -0.243. The maximum absolute atomic E-state index is 14.5. The standard InChI is InChI=1S/C19H22ClFN2O4S/c1-2-28(24,25)23-18-7-8-26-11-13(18)12-27-15-4-5-16(17(21)9-15)19-6-3-14(20)10-22-19/h3-6,9-10,13,18,23H,2,7-8,11-12H2,1H3. The van der Waals surface area contributed by atoms with Crippen LogP contribution < -0.4 is 9.46 Å². The Labute approximate surface area is 169 Å². The van der Waals surface area contributed by atoms with Crippen molar-refractivity contribution < 1.29 is 22.3 Å². The van der Waals surface area contributed by atoms with Crippen LogP contribution >= 0.6 is 11.6 Å². The fourth-order valence-electron chi connectivity index (χ4n) is 2.96. The zero-order chi connectivity index (χ0) is 20.1. The second kappa shape index (κ2) is 9.17. The summed E-state index contributed by atoms with van der Waals surface area (Å²) in [7, 11) is -3.32. The van der Waals surface area contributed by atoms with Gasteiger partial charge in [0, 0.05) is 36.4 Å². The minimum atomic E-state index is -3.32. The van der Waals surface area contributed by atoms with Crippen molar-refractivity contribution >= 4 is 21.6 Å². The number of benzene rings is 1. The summed E-state index contributed by atoms with van der Waals surface area (Å²) in [4.78, 5) is 4.12. The van der Waals surface area contributed by atoms with Gasteiger partial charge in [0.15, 0.2) is 0 Å². The highest BCUT2D eigenvalue weighted by Crippen LogP contribution is 2.26. The number of hydrogen-bond donors (Lipinski definition) is 1. The highest BCUT2D eigenvalue weighted by molar-refractivity contribution is 7.89. The molecule has 0 saturated carbocycles. The molecular weight excluding hydrogens is 407 g/mol. The molecule has 2 unspecified atom stereocenters. The summed E-state index contributed by atoms with van der Waals surface area (Å²) >= 11 is 5.81. The minimum Gasteiger partial charge on any atom is -0.493 e. The van der Waals surface area contributed by atoms with E-state index >= 15 is 0 Å². The van der Waals surface area contributed by atoms with Gasteiger partial charge in [-0.2, -0.15) is 0 Å². The van der Waals surface area contributed by atoms with Crippen LogP contribution in [-0.4, -0.2) is 45.0 Å². The first-order valence-corrected chi connectivity index (χ1v) is 11.0. The average Bonchev–Trinajstić information content (AvgIpc) is 2.68. The molecule has 0 amide bonds. The third kappa shape index (κ3) is 5.41. The van der Waals surface area contributed by atoms with Gasteiger partial charge in [0.1, 0.15) is 11.6 Å². The van der Waals surface area contributed by atoms with Gasteiger partial charge >= 0.3 is 0 Å². The summed E-state index contributed by atoms with van der Waals surface area (Å²) in [6.45, 7) is 2.68. The molecule has 0 radical (unpaired) electrons. The number of nitrogens with one attached hydrogen (secondary N) is 1. The molecule has 9 heteroatoms. The predicted octanol–water partition coefficient (Wildman–Crippen LogP) is 3.26. The molecule has 28 heavy (non-hydrogen) atoms. The molecule has 1 aliphatic heterocycles. The zero-order valence-corrected chi connectivity index (χ0v) is 17.0. The van der Waals surface area contributed by atoms with E-state index in [4.69, 9.17) is 21.1 Å². The van der Waals surface area contributed by atoms with Gasteiger partial charge in [-0.25, -0.2) is 17.5 Å². The number of hydrogen-bond acceptors (Lipinski definition) is 5. The summed E-state index contributed by atoms with van der Waals surface area (Å²) < 4.78 is 52.1. The van der Waals surface area contributed by atoms with Crippen molar-refractivity contribution in [3.05, 3.63) is 47.4 Å². The van der Waals surface area contributed by atoms with Crippen LogP contribution in [0.25, 0.3) is 11.3 Å². The number of nitrogens with zero attached hydrogens (tertiary/aromatic N) is 1. The van der Waals surface area contributed by atoms with Gasteiger partial charge in [-0.3, -0.25) is 4.98 Å². The molecule has 0 aliphatic carbocycles. The Morgan fingerprint density at radius 1 is 1.36 bits per heavy atom. The van der Waals surface area contributed by atoms with Crippen LogP contribution in [-0.2, 0) is 14.8 Å². The lowest BCUT2D eigenvalue weighted by molar-refractivity contribution is 0.0186. The fourth-order valence-corrected chi connectivity index (χ4v) is 4.01. The molecule has 1 aromatic heterocycles. The zero-order valence-electron chi connectivity index (χ0n) is 15.4. The summed E-state index contributed by atoms with van der Waals surface area (Å²) in [6, 6.07) is 7.57. The van der Waals surface area contributed by atoms with E-state index in [9.17, 15) is 12.8 Å². The Morgan fingerprint density at radius 2 is 2.18 bits per heavy atom. The topological polar surface area (TPSA) is 77.5 Å². The first-order chi connectivity index (χ1) is 13.4. The van der Waals surface area contributed by atoms with Crippen molar-refractivity contribution in [1.82, 2.24) is 9.71 Å². The number of pyridine rings is 1. The second-order valence-electron chi connectivity index (χ2n) is 6.57. The molecule has 0 spiro atoms. The number of ether oxygens (including phenoxy) is 2. The highest BCUT2D eigenvalue weighted by atomic mass is 35.5. The molecular formula is C19H22ClFN2O4S. The Bertz CT molecular complexity index is 909. The third-order valence-corrected chi connectivity index (χ3v) is 6.24. The summed E-state index contributed by atoms with van der Waals surface area (Å²) in [5.41, 5.74) is 0.821. The fraction of sp³-hybridized carbons (Fsp3) is 0.421. The maximum Gasteiger partial charge on any atom is 0.211 e. The van der Waals surface area contributed by atoms with E-state index in [1.165, 1.54) is 12.3 Å². The van der Waals surface area contributed by atoms with E-state index in [0.717, 1.165) is 0 Å². The van der Waals surface area contributed by atoms with Gasteiger partial charge < -0.3 is 9.47 Å². The molecule has 1 saturated heterocycles. The first-order valence-electron chi connectivity index (χ1n) is 9.00. The third-order valence-electron chi connectivity index (χ3n) is 4.59. The van der Waals surface area contributed by atoms with E-state index in [1.54, 1.807) is 31.2 Å². The quantitative estimate of drug-likeness (QED) is 0.732. The van der Waals surface area contributed by atoms with Crippen molar-refractivity contribution in [2.45, 2.75) is 19.4 Å². The molecule has 2 heterocycles. The predicted molar refractivity (Wildman–Crippen MR) is 105 cm³/mol. The molecule has 1 aromatic carbocycles. The summed E-state index contributed by atoms with van der Waals surface area (Å²) in [5, 5.41) is 0.479. The highest BCUT2D eigenvalue weighted by Gasteiger charge is 2.29. The van der Waals surface area contributed by atoms with Gasteiger partial charge in [0.05, 0.1) is 29.7 Å². The van der Waals surface area contributed by atoms with Crippen LogP contribution in [0.2, 0.25) is 5.02 Å². The lowest BCUT2D eigenvalue weighted by atomic mass is 9.98. The lowest BCUT2D eigenvalue weighted by Crippen LogP contribution is -2.47. The maximum atomic E-state index is 14.5. The molecule has 2 aromatic rings. The van der Waals surface area contributed by atoms with Crippen molar-refractivity contribution in [3.8, 4) is 17.0 Å². The Hall–Kier alpha value is -1.74. The number of halogens is 2. The van der Waals surface area contributed by atoms with E-state index in [-0.39, 0.29) is 24.3 Å². The van der Waals surface area contributed by atoms with Gasteiger partial charge in [0.25, 0.3) is 0 Å². The Balaban J connectivity index is 1.66. The normalized spacial score (nSPS) is 20.1. The number of sulfonamides is 1. The second-order valence-corrected chi connectivity index (χ2v) is 9.04.